The first kappa shape index (κ1) is 11.8. The van der Waals surface area contributed by atoms with E-state index in [0.717, 1.165) is 11.1 Å². The van der Waals surface area contributed by atoms with Gasteiger partial charge in [0, 0.05) is 18.3 Å². The third-order valence-corrected chi connectivity index (χ3v) is 3.77. The zero-order chi connectivity index (χ0) is 12.3. The summed E-state index contributed by atoms with van der Waals surface area (Å²) < 4.78 is 26.3. The van der Waals surface area contributed by atoms with Gasteiger partial charge in [0.25, 0.3) is 0 Å². The predicted molar refractivity (Wildman–Crippen MR) is 63.8 cm³/mol. The molecule has 0 radical (unpaired) electrons. The molecular formula is C11H13N3O2S. The molecule has 0 amide bonds. The summed E-state index contributed by atoms with van der Waals surface area (Å²) in [6.45, 7) is 2.14. The first-order chi connectivity index (χ1) is 8.08. The van der Waals surface area contributed by atoms with Crippen molar-refractivity contribution in [3.63, 3.8) is 0 Å². The Morgan fingerprint density at radius 1 is 1.29 bits per heavy atom. The molecule has 0 spiro atoms. The van der Waals surface area contributed by atoms with Crippen LogP contribution in [0.25, 0.3) is 0 Å². The summed E-state index contributed by atoms with van der Waals surface area (Å²) in [5, 5.41) is 6.38. The lowest BCUT2D eigenvalue weighted by atomic mass is 10.2. The van der Waals surface area contributed by atoms with Gasteiger partial charge in [-0.3, -0.25) is 5.10 Å². The topological polar surface area (TPSA) is 74.8 Å². The fourth-order valence-corrected chi connectivity index (χ4v) is 2.37. The Kier molecular flexibility index (Phi) is 3.26. The number of nitrogens with zero attached hydrogens (tertiary/aromatic N) is 1. The number of rotatable bonds is 4. The minimum absolute atomic E-state index is 0.229. The second-order valence-electron chi connectivity index (χ2n) is 3.74. The molecule has 17 heavy (non-hydrogen) atoms. The van der Waals surface area contributed by atoms with Crippen molar-refractivity contribution in [3.8, 4) is 0 Å². The molecule has 0 aliphatic rings. The number of aryl methyl sites for hydroxylation is 1. The van der Waals surface area contributed by atoms with E-state index in [1.807, 2.05) is 6.92 Å². The predicted octanol–water partition coefficient (Wildman–Crippen LogP) is 1.20. The van der Waals surface area contributed by atoms with Crippen molar-refractivity contribution < 1.29 is 8.42 Å². The SMILES string of the molecule is Cc1ccc(S(=O)(=O)NCc2cn[nH]c2)cc1. The van der Waals surface area contributed by atoms with Gasteiger partial charge < -0.3 is 0 Å². The van der Waals surface area contributed by atoms with E-state index in [9.17, 15) is 8.42 Å². The highest BCUT2D eigenvalue weighted by Gasteiger charge is 2.13. The van der Waals surface area contributed by atoms with Gasteiger partial charge in [0.2, 0.25) is 10.0 Å². The molecule has 1 aromatic heterocycles. The van der Waals surface area contributed by atoms with Crippen LogP contribution in [-0.4, -0.2) is 18.6 Å². The molecule has 0 saturated heterocycles. The summed E-state index contributed by atoms with van der Waals surface area (Å²) in [5.74, 6) is 0. The number of nitrogens with one attached hydrogen (secondary N) is 2. The number of benzene rings is 1. The molecule has 0 aliphatic carbocycles. The van der Waals surface area contributed by atoms with Crippen molar-refractivity contribution in [1.82, 2.24) is 14.9 Å². The number of aromatic nitrogens is 2. The smallest absolute Gasteiger partial charge is 0.240 e. The van der Waals surface area contributed by atoms with E-state index in [2.05, 4.69) is 14.9 Å². The van der Waals surface area contributed by atoms with Crippen molar-refractivity contribution in [1.29, 1.82) is 0 Å². The van der Waals surface area contributed by atoms with Gasteiger partial charge in [-0.25, -0.2) is 13.1 Å². The maximum absolute atomic E-state index is 11.9. The van der Waals surface area contributed by atoms with Gasteiger partial charge in [0.05, 0.1) is 11.1 Å². The molecule has 2 aromatic rings. The Morgan fingerprint density at radius 2 is 2.00 bits per heavy atom. The summed E-state index contributed by atoms with van der Waals surface area (Å²) >= 11 is 0. The van der Waals surface area contributed by atoms with E-state index in [4.69, 9.17) is 0 Å². The lowest BCUT2D eigenvalue weighted by Crippen LogP contribution is -2.22. The molecule has 5 nitrogen and oxygen atoms in total. The molecule has 0 fully saturated rings. The van der Waals surface area contributed by atoms with Gasteiger partial charge in [-0.15, -0.1) is 0 Å². The summed E-state index contributed by atoms with van der Waals surface area (Å²) in [7, 11) is -3.44. The Balaban J connectivity index is 2.11. The van der Waals surface area contributed by atoms with Crippen LogP contribution in [0.2, 0.25) is 0 Å². The molecule has 0 unspecified atom stereocenters. The summed E-state index contributed by atoms with van der Waals surface area (Å²) in [5.41, 5.74) is 1.82. The Hall–Kier alpha value is -1.66. The second-order valence-corrected chi connectivity index (χ2v) is 5.51. The first-order valence-corrected chi connectivity index (χ1v) is 6.60. The van der Waals surface area contributed by atoms with E-state index in [-0.39, 0.29) is 11.4 Å². The molecular weight excluding hydrogens is 238 g/mol. The van der Waals surface area contributed by atoms with E-state index in [0.29, 0.717) is 0 Å². The van der Waals surface area contributed by atoms with Crippen molar-refractivity contribution in [2.45, 2.75) is 18.4 Å². The first-order valence-electron chi connectivity index (χ1n) is 5.12. The minimum Gasteiger partial charge on any atom is -0.285 e. The lowest BCUT2D eigenvalue weighted by Gasteiger charge is -2.05. The maximum atomic E-state index is 11.9. The minimum atomic E-state index is -3.44. The van der Waals surface area contributed by atoms with Crippen LogP contribution in [0.3, 0.4) is 0 Å². The van der Waals surface area contributed by atoms with Crippen molar-refractivity contribution in [2.24, 2.45) is 0 Å². The largest absolute Gasteiger partial charge is 0.285 e. The van der Waals surface area contributed by atoms with E-state index in [1.54, 1.807) is 36.7 Å². The molecule has 6 heteroatoms. The highest BCUT2D eigenvalue weighted by molar-refractivity contribution is 7.89. The third kappa shape index (κ3) is 2.92. The normalized spacial score (nSPS) is 11.6. The van der Waals surface area contributed by atoms with Crippen molar-refractivity contribution >= 4 is 10.0 Å². The van der Waals surface area contributed by atoms with Crippen molar-refractivity contribution in [2.75, 3.05) is 0 Å². The van der Waals surface area contributed by atoms with Gasteiger partial charge in [0.15, 0.2) is 0 Å². The number of aromatic amines is 1. The quantitative estimate of drug-likeness (QED) is 0.857. The Bertz CT molecular complexity index is 574. The second kappa shape index (κ2) is 4.68. The third-order valence-electron chi connectivity index (χ3n) is 2.35. The molecule has 0 atom stereocenters. The van der Waals surface area contributed by atoms with Crippen molar-refractivity contribution in [3.05, 3.63) is 47.8 Å². The van der Waals surface area contributed by atoms with Crippen LogP contribution in [0, 0.1) is 6.92 Å². The molecule has 0 saturated carbocycles. The average molecular weight is 251 g/mol. The maximum Gasteiger partial charge on any atom is 0.240 e. The summed E-state index contributed by atoms with van der Waals surface area (Å²) in [6, 6.07) is 6.72. The van der Waals surface area contributed by atoms with Crippen LogP contribution < -0.4 is 4.72 Å². The van der Waals surface area contributed by atoms with Gasteiger partial charge >= 0.3 is 0 Å². The number of hydrogen-bond acceptors (Lipinski definition) is 3. The van der Waals surface area contributed by atoms with Crippen LogP contribution in [0.5, 0.6) is 0 Å². The number of sulfonamides is 1. The molecule has 0 bridgehead atoms. The van der Waals surface area contributed by atoms with E-state index in [1.165, 1.54) is 0 Å². The highest BCUT2D eigenvalue weighted by Crippen LogP contribution is 2.10. The molecule has 1 heterocycles. The summed E-state index contributed by atoms with van der Waals surface area (Å²) in [6.07, 6.45) is 3.23. The van der Waals surface area contributed by atoms with Gasteiger partial charge in [-0.05, 0) is 19.1 Å². The van der Waals surface area contributed by atoms with E-state index < -0.39 is 10.0 Å². The standard InChI is InChI=1S/C11H13N3O2S/c1-9-2-4-11(5-3-9)17(15,16)14-8-10-6-12-13-7-10/h2-7,14H,8H2,1H3,(H,12,13). The number of hydrogen-bond donors (Lipinski definition) is 2. The zero-order valence-electron chi connectivity index (χ0n) is 9.34. The Labute approximate surface area is 99.9 Å². The monoisotopic (exact) mass is 251 g/mol. The van der Waals surface area contributed by atoms with Gasteiger partial charge in [0.1, 0.15) is 0 Å². The van der Waals surface area contributed by atoms with Crippen LogP contribution in [-0.2, 0) is 16.6 Å². The highest BCUT2D eigenvalue weighted by atomic mass is 32.2. The average Bonchev–Trinajstić information content (AvgIpc) is 2.80. The summed E-state index contributed by atoms with van der Waals surface area (Å²) in [4.78, 5) is 0.270. The lowest BCUT2D eigenvalue weighted by molar-refractivity contribution is 0.581. The molecule has 1 aromatic carbocycles. The van der Waals surface area contributed by atoms with E-state index >= 15 is 0 Å². The molecule has 2 N–H and O–H groups in total. The van der Waals surface area contributed by atoms with Gasteiger partial charge in [-0.1, -0.05) is 17.7 Å². The van der Waals surface area contributed by atoms with Crippen LogP contribution in [0.4, 0.5) is 0 Å². The van der Waals surface area contributed by atoms with Crippen LogP contribution in [0.1, 0.15) is 11.1 Å². The zero-order valence-corrected chi connectivity index (χ0v) is 10.2. The molecule has 2 rings (SSSR count). The van der Waals surface area contributed by atoms with Gasteiger partial charge in [-0.2, -0.15) is 5.10 Å². The fourth-order valence-electron chi connectivity index (χ4n) is 1.35. The number of H-pyrrole nitrogens is 1. The molecule has 0 aliphatic heterocycles. The van der Waals surface area contributed by atoms with Crippen LogP contribution >= 0.6 is 0 Å². The van der Waals surface area contributed by atoms with Crippen LogP contribution in [0.15, 0.2) is 41.6 Å². The fraction of sp³-hybridized carbons (Fsp3) is 0.182. The Morgan fingerprint density at radius 3 is 2.59 bits per heavy atom. The molecule has 90 valence electrons.